The molecule has 0 atom stereocenters. The van der Waals surface area contributed by atoms with Gasteiger partial charge in [0.1, 0.15) is 11.6 Å². The van der Waals surface area contributed by atoms with E-state index < -0.39 is 21.7 Å². The van der Waals surface area contributed by atoms with Crippen molar-refractivity contribution < 1.29 is 12.8 Å². The molecule has 10 heteroatoms. The molecule has 8 nitrogen and oxygen atoms in total. The Labute approximate surface area is 151 Å². The number of nitrogens with one attached hydrogen (secondary N) is 1. The van der Waals surface area contributed by atoms with Crippen LogP contribution >= 0.6 is 0 Å². The summed E-state index contributed by atoms with van der Waals surface area (Å²) >= 11 is 0. The van der Waals surface area contributed by atoms with Crippen molar-refractivity contribution in [2.75, 3.05) is 27.2 Å². The molecule has 2 aromatic rings. The van der Waals surface area contributed by atoms with Crippen molar-refractivity contribution in [1.82, 2.24) is 23.4 Å². The summed E-state index contributed by atoms with van der Waals surface area (Å²) in [5, 5.41) is 6.42. The Balaban J connectivity index is 1.75. The zero-order chi connectivity index (χ0) is 18.9. The van der Waals surface area contributed by atoms with Crippen molar-refractivity contribution in [3.05, 3.63) is 46.4 Å². The van der Waals surface area contributed by atoms with Gasteiger partial charge in [-0.3, -0.25) is 0 Å². The van der Waals surface area contributed by atoms with Gasteiger partial charge in [-0.1, -0.05) is 12.1 Å². The maximum Gasteiger partial charge on any atom is 0.348 e. The van der Waals surface area contributed by atoms with Gasteiger partial charge in [0.25, 0.3) is 10.2 Å². The summed E-state index contributed by atoms with van der Waals surface area (Å²) in [4.78, 5) is 12.1. The zero-order valence-corrected chi connectivity index (χ0v) is 15.5. The Morgan fingerprint density at radius 2 is 1.92 bits per heavy atom. The number of nitrogens with zero attached hydrogens (tertiary/aromatic N) is 4. The summed E-state index contributed by atoms with van der Waals surface area (Å²) in [5.41, 5.74) is -0.327. The third-order valence-electron chi connectivity index (χ3n) is 4.67. The van der Waals surface area contributed by atoms with Gasteiger partial charge in [0.05, 0.1) is 5.69 Å². The molecule has 1 saturated heterocycles. The lowest BCUT2D eigenvalue weighted by Crippen LogP contribution is -2.44. The monoisotopic (exact) mass is 383 g/mol. The average Bonchev–Trinajstić information content (AvgIpc) is 2.96. The SMILES string of the molecule is CN(C)S(=O)(=O)N1CCC(Cc2n[nH]c(=O)n2-c2ccccc2F)CC1. The van der Waals surface area contributed by atoms with Crippen LogP contribution in [0.5, 0.6) is 0 Å². The summed E-state index contributed by atoms with van der Waals surface area (Å²) < 4.78 is 42.3. The van der Waals surface area contributed by atoms with E-state index in [2.05, 4.69) is 10.2 Å². The van der Waals surface area contributed by atoms with E-state index in [1.165, 1.54) is 39.4 Å². The molecule has 2 heterocycles. The molecule has 0 radical (unpaired) electrons. The molecule has 1 fully saturated rings. The molecule has 1 N–H and O–H groups in total. The molecule has 3 rings (SSSR count). The number of rotatable bonds is 5. The number of piperidine rings is 1. The fourth-order valence-electron chi connectivity index (χ4n) is 3.18. The van der Waals surface area contributed by atoms with E-state index in [9.17, 15) is 17.6 Å². The van der Waals surface area contributed by atoms with E-state index in [1.54, 1.807) is 12.1 Å². The molecule has 0 aliphatic carbocycles. The second-order valence-corrected chi connectivity index (χ2v) is 8.71. The quantitative estimate of drug-likeness (QED) is 0.825. The van der Waals surface area contributed by atoms with Crippen LogP contribution in [-0.4, -0.2) is 59.0 Å². The molecule has 1 aromatic heterocycles. The Morgan fingerprint density at radius 1 is 1.27 bits per heavy atom. The highest BCUT2D eigenvalue weighted by Gasteiger charge is 2.30. The minimum Gasteiger partial charge on any atom is -0.246 e. The van der Waals surface area contributed by atoms with Crippen LogP contribution in [0.25, 0.3) is 5.69 Å². The lowest BCUT2D eigenvalue weighted by molar-refractivity contribution is 0.259. The topological polar surface area (TPSA) is 91.3 Å². The average molecular weight is 383 g/mol. The van der Waals surface area contributed by atoms with Crippen molar-refractivity contribution in [2.24, 2.45) is 5.92 Å². The number of halogens is 1. The van der Waals surface area contributed by atoms with E-state index in [1.807, 2.05) is 0 Å². The summed E-state index contributed by atoms with van der Waals surface area (Å²) in [6, 6.07) is 6.04. The van der Waals surface area contributed by atoms with Gasteiger partial charge in [-0.15, -0.1) is 0 Å². The smallest absolute Gasteiger partial charge is 0.246 e. The molecule has 0 spiro atoms. The number of hydrogen-bond donors (Lipinski definition) is 1. The first-order chi connectivity index (χ1) is 12.3. The van der Waals surface area contributed by atoms with E-state index in [-0.39, 0.29) is 11.6 Å². The third-order valence-corrected chi connectivity index (χ3v) is 6.61. The van der Waals surface area contributed by atoms with Crippen molar-refractivity contribution in [3.63, 3.8) is 0 Å². The molecule has 142 valence electrons. The van der Waals surface area contributed by atoms with Gasteiger partial charge in [0, 0.05) is 33.6 Å². The molecule has 1 aliphatic rings. The second kappa shape index (κ2) is 7.29. The van der Waals surface area contributed by atoms with Crippen molar-refractivity contribution >= 4 is 10.2 Å². The lowest BCUT2D eigenvalue weighted by Gasteiger charge is -2.32. The number of para-hydroxylation sites is 1. The fraction of sp³-hybridized carbons (Fsp3) is 0.500. The largest absolute Gasteiger partial charge is 0.348 e. The lowest BCUT2D eigenvalue weighted by atomic mass is 9.94. The van der Waals surface area contributed by atoms with Gasteiger partial charge < -0.3 is 0 Å². The first-order valence-electron chi connectivity index (χ1n) is 8.39. The summed E-state index contributed by atoms with van der Waals surface area (Å²) in [5.74, 6) is 0.127. The first kappa shape index (κ1) is 18.7. The van der Waals surface area contributed by atoms with Crippen LogP contribution in [0.1, 0.15) is 18.7 Å². The normalized spacial score (nSPS) is 17.1. The number of aromatic amines is 1. The van der Waals surface area contributed by atoms with E-state index in [0.717, 1.165) is 0 Å². The van der Waals surface area contributed by atoms with Crippen molar-refractivity contribution in [1.29, 1.82) is 0 Å². The maximum absolute atomic E-state index is 14.1. The molecular formula is C16H22FN5O3S. The van der Waals surface area contributed by atoms with E-state index in [0.29, 0.717) is 38.2 Å². The first-order valence-corrected chi connectivity index (χ1v) is 9.79. The Morgan fingerprint density at radius 3 is 2.54 bits per heavy atom. The number of H-pyrrole nitrogens is 1. The molecule has 1 aliphatic heterocycles. The Hall–Kier alpha value is -2.04. The van der Waals surface area contributed by atoms with E-state index >= 15 is 0 Å². The van der Waals surface area contributed by atoms with Gasteiger partial charge >= 0.3 is 5.69 Å². The zero-order valence-electron chi connectivity index (χ0n) is 14.7. The molecule has 0 unspecified atom stereocenters. The van der Waals surface area contributed by atoms with Gasteiger partial charge in [-0.2, -0.15) is 22.1 Å². The van der Waals surface area contributed by atoms with E-state index in [4.69, 9.17) is 0 Å². The van der Waals surface area contributed by atoms with Crippen LogP contribution in [0.4, 0.5) is 4.39 Å². The van der Waals surface area contributed by atoms with Gasteiger partial charge in [0.2, 0.25) is 0 Å². The highest BCUT2D eigenvalue weighted by atomic mass is 32.2. The van der Waals surface area contributed by atoms with Crippen LogP contribution < -0.4 is 5.69 Å². The number of aromatic nitrogens is 3. The minimum atomic E-state index is -3.41. The Kier molecular flexibility index (Phi) is 5.26. The highest BCUT2D eigenvalue weighted by Crippen LogP contribution is 2.24. The van der Waals surface area contributed by atoms with Crippen LogP contribution in [0, 0.1) is 11.7 Å². The molecular weight excluding hydrogens is 361 g/mol. The summed E-state index contributed by atoms with van der Waals surface area (Å²) in [7, 11) is -0.385. The highest BCUT2D eigenvalue weighted by molar-refractivity contribution is 7.86. The van der Waals surface area contributed by atoms with Gasteiger partial charge in [0.15, 0.2) is 0 Å². The Bertz CT molecular complexity index is 929. The van der Waals surface area contributed by atoms with Crippen molar-refractivity contribution in [3.8, 4) is 5.69 Å². The fourth-order valence-corrected chi connectivity index (χ4v) is 4.32. The number of hydrogen-bond acceptors (Lipinski definition) is 4. The maximum atomic E-state index is 14.1. The number of benzene rings is 1. The molecule has 0 bridgehead atoms. The van der Waals surface area contributed by atoms with Crippen LogP contribution in [0.2, 0.25) is 0 Å². The molecule has 1 aromatic carbocycles. The van der Waals surface area contributed by atoms with Gasteiger partial charge in [-0.05, 0) is 30.9 Å². The molecule has 0 saturated carbocycles. The predicted octanol–water partition coefficient (Wildman–Crippen LogP) is 0.761. The summed E-state index contributed by atoms with van der Waals surface area (Å²) in [6.45, 7) is 0.832. The van der Waals surface area contributed by atoms with Crippen LogP contribution in [0.15, 0.2) is 29.1 Å². The molecule has 0 amide bonds. The second-order valence-electron chi connectivity index (χ2n) is 6.57. The predicted molar refractivity (Wildman–Crippen MR) is 94.8 cm³/mol. The third kappa shape index (κ3) is 3.57. The summed E-state index contributed by atoms with van der Waals surface area (Å²) in [6.07, 6.45) is 1.79. The van der Waals surface area contributed by atoms with Crippen LogP contribution in [0.3, 0.4) is 0 Å². The standard InChI is InChI=1S/C16H22FN5O3S/c1-20(2)26(24,25)21-9-7-12(8-10-21)11-15-18-19-16(23)22(15)14-6-4-3-5-13(14)17/h3-6,12H,7-11H2,1-2H3,(H,19,23). The van der Waals surface area contributed by atoms with Crippen LogP contribution in [-0.2, 0) is 16.6 Å². The van der Waals surface area contributed by atoms with Crippen molar-refractivity contribution in [2.45, 2.75) is 19.3 Å². The minimum absolute atomic E-state index is 0.161. The molecule has 26 heavy (non-hydrogen) atoms. The van der Waals surface area contributed by atoms with Gasteiger partial charge in [-0.25, -0.2) is 18.9 Å².